The minimum absolute atomic E-state index is 0.0170. The lowest BCUT2D eigenvalue weighted by Gasteiger charge is -2.19. The molecule has 0 atom stereocenters. The van der Waals surface area contributed by atoms with E-state index in [4.69, 9.17) is 28.4 Å². The molecule has 0 heterocycles. The van der Waals surface area contributed by atoms with Crippen molar-refractivity contribution < 1.29 is 48.2 Å². The molecule has 0 amide bonds. The van der Waals surface area contributed by atoms with Gasteiger partial charge in [0.05, 0.1) is 42.7 Å². The van der Waals surface area contributed by atoms with Crippen molar-refractivity contribution in [2.45, 2.75) is 0 Å². The van der Waals surface area contributed by atoms with Gasteiger partial charge in [0.25, 0.3) is 0 Å². The van der Waals surface area contributed by atoms with Crippen LogP contribution in [0.1, 0.15) is 31.8 Å². The van der Waals surface area contributed by atoms with Gasteiger partial charge >= 0.3 is 0 Å². The zero-order chi connectivity index (χ0) is 33.4. The molecule has 0 aliphatic rings. The molecular weight excluding hydrogens is 592 g/mol. The maximum Gasteiger partial charge on any atom is 0.186 e. The molecule has 0 aliphatic heterocycles. The number of carbonyl (C=O) groups excluding carboxylic acids is 2. The summed E-state index contributed by atoms with van der Waals surface area (Å²) < 4.78 is 32.9. The molecule has 2 N–H and O–H groups in total. The van der Waals surface area contributed by atoms with E-state index in [0.717, 1.165) is 0 Å². The first-order valence-corrected chi connectivity index (χ1v) is 13.9. The number of carbonyl (C=O) groups is 2. The Morgan fingerprint density at radius 1 is 0.500 bits per heavy atom. The number of methoxy groups -OCH3 is 6. The van der Waals surface area contributed by atoms with Crippen molar-refractivity contribution >= 4 is 23.7 Å². The van der Waals surface area contributed by atoms with Crippen molar-refractivity contribution in [3.8, 4) is 57.1 Å². The van der Waals surface area contributed by atoms with Gasteiger partial charge in [-0.1, -0.05) is 24.3 Å². The molecule has 10 nitrogen and oxygen atoms in total. The molecule has 46 heavy (non-hydrogen) atoms. The highest BCUT2D eigenvalue weighted by atomic mass is 16.5. The van der Waals surface area contributed by atoms with Gasteiger partial charge in [-0.3, -0.25) is 9.59 Å². The average molecular weight is 627 g/mol. The molecule has 0 spiro atoms. The van der Waals surface area contributed by atoms with Crippen LogP contribution in [0.4, 0.5) is 0 Å². The smallest absolute Gasteiger partial charge is 0.186 e. The van der Waals surface area contributed by atoms with Crippen molar-refractivity contribution in [3.05, 3.63) is 95.1 Å². The number of hydrogen-bond donors (Lipinski definition) is 2. The van der Waals surface area contributed by atoms with Gasteiger partial charge in [-0.15, -0.1) is 0 Å². The fourth-order valence-electron chi connectivity index (χ4n) is 4.75. The summed E-state index contributed by atoms with van der Waals surface area (Å²) >= 11 is 0. The van der Waals surface area contributed by atoms with Crippen LogP contribution in [0.5, 0.6) is 46.0 Å². The van der Waals surface area contributed by atoms with E-state index in [1.165, 1.54) is 66.9 Å². The fourth-order valence-corrected chi connectivity index (χ4v) is 4.75. The normalized spacial score (nSPS) is 11.0. The molecule has 0 saturated heterocycles. The Morgan fingerprint density at radius 3 is 1.20 bits per heavy atom. The quantitative estimate of drug-likeness (QED) is 0.124. The number of benzene rings is 4. The highest BCUT2D eigenvalue weighted by molar-refractivity contribution is 6.10. The zero-order valence-corrected chi connectivity index (χ0v) is 26.2. The van der Waals surface area contributed by atoms with E-state index in [2.05, 4.69) is 0 Å². The fraction of sp³-hybridized carbons (Fsp3) is 0.167. The van der Waals surface area contributed by atoms with Gasteiger partial charge in [-0.05, 0) is 71.8 Å². The molecule has 4 aromatic carbocycles. The van der Waals surface area contributed by atoms with Crippen LogP contribution < -0.4 is 28.4 Å². The second-order valence-electron chi connectivity index (χ2n) is 9.78. The number of phenols is 2. The van der Waals surface area contributed by atoms with Crippen LogP contribution in [0.2, 0.25) is 0 Å². The first-order chi connectivity index (χ1) is 22.2. The Hall–Kier alpha value is -5.90. The first-order valence-electron chi connectivity index (χ1n) is 13.9. The number of rotatable bonds is 13. The molecule has 0 aliphatic carbocycles. The van der Waals surface area contributed by atoms with E-state index in [0.29, 0.717) is 33.8 Å². The largest absolute Gasteiger partial charge is 0.504 e. The molecular formula is C36H34O10. The lowest BCUT2D eigenvalue weighted by Crippen LogP contribution is -2.03. The molecule has 0 saturated carbocycles. The van der Waals surface area contributed by atoms with Gasteiger partial charge in [-0.2, -0.15) is 0 Å². The first kappa shape index (κ1) is 33.0. The summed E-state index contributed by atoms with van der Waals surface area (Å²) in [5, 5.41) is 19.8. The van der Waals surface area contributed by atoms with Crippen LogP contribution in [-0.4, -0.2) is 64.4 Å². The number of ketones is 2. The second-order valence-corrected chi connectivity index (χ2v) is 9.78. The topological polar surface area (TPSA) is 130 Å². The van der Waals surface area contributed by atoms with E-state index in [9.17, 15) is 19.8 Å². The van der Waals surface area contributed by atoms with E-state index in [1.807, 2.05) is 0 Å². The Kier molecular flexibility index (Phi) is 10.6. The number of ether oxygens (including phenoxy) is 6. The standard InChI is InChI=1S/C36H34O10/c1-41-31-15-21(9-13-29(31)39)7-11-27(37)23-17-25(35(45-5)33(19-23)43-3)26-18-24(20-34(44-4)36(26)46-6)28(38)12-8-22-10-14-30(40)32(16-22)42-2/h7-20,39-40H,1-6H3/b11-7+,12-8+. The summed E-state index contributed by atoms with van der Waals surface area (Å²) in [6.45, 7) is 0. The number of aromatic hydroxyl groups is 2. The van der Waals surface area contributed by atoms with E-state index in [1.54, 1.807) is 60.7 Å². The molecule has 0 radical (unpaired) electrons. The highest BCUT2D eigenvalue weighted by Crippen LogP contribution is 2.47. The summed E-state index contributed by atoms with van der Waals surface area (Å²) in [6, 6.07) is 15.8. The van der Waals surface area contributed by atoms with Gasteiger partial charge < -0.3 is 38.6 Å². The van der Waals surface area contributed by atoms with Crippen molar-refractivity contribution in [2.24, 2.45) is 0 Å². The maximum absolute atomic E-state index is 13.4. The third-order valence-corrected chi connectivity index (χ3v) is 7.08. The van der Waals surface area contributed by atoms with Gasteiger partial charge in [0, 0.05) is 22.3 Å². The zero-order valence-electron chi connectivity index (χ0n) is 26.2. The minimum atomic E-state index is -0.348. The van der Waals surface area contributed by atoms with Gasteiger partial charge in [0.2, 0.25) is 0 Å². The number of phenolic OH excluding ortho intramolecular Hbond substituents is 2. The van der Waals surface area contributed by atoms with E-state index < -0.39 is 0 Å². The molecule has 0 bridgehead atoms. The highest BCUT2D eigenvalue weighted by Gasteiger charge is 2.23. The van der Waals surface area contributed by atoms with Crippen molar-refractivity contribution in [1.82, 2.24) is 0 Å². The number of allylic oxidation sites excluding steroid dienone is 2. The van der Waals surface area contributed by atoms with Crippen LogP contribution in [-0.2, 0) is 0 Å². The molecule has 4 aromatic rings. The Bertz CT molecular complexity index is 1690. The van der Waals surface area contributed by atoms with Crippen LogP contribution in [0.15, 0.2) is 72.8 Å². The molecule has 10 heteroatoms. The van der Waals surface area contributed by atoms with Crippen LogP contribution in [0, 0.1) is 0 Å². The Labute approximate surface area is 266 Å². The predicted molar refractivity (Wildman–Crippen MR) is 174 cm³/mol. The Balaban J connectivity index is 1.80. The van der Waals surface area contributed by atoms with Gasteiger partial charge in [-0.25, -0.2) is 0 Å². The number of hydrogen-bond acceptors (Lipinski definition) is 10. The molecule has 0 unspecified atom stereocenters. The third-order valence-electron chi connectivity index (χ3n) is 7.08. The summed E-state index contributed by atoms with van der Waals surface area (Å²) in [7, 11) is 8.72. The SMILES string of the molecule is COc1cc(/C=C/C(=O)c2cc(OC)c(OC)c(-c3cc(C(=O)/C=C/c4ccc(O)c(OC)c4)cc(OC)c3OC)c2)ccc1O. The predicted octanol–water partition coefficient (Wildman–Crippen LogP) is 6.61. The molecule has 238 valence electrons. The van der Waals surface area contributed by atoms with E-state index >= 15 is 0 Å². The van der Waals surface area contributed by atoms with Crippen molar-refractivity contribution in [1.29, 1.82) is 0 Å². The van der Waals surface area contributed by atoms with Crippen LogP contribution in [0.3, 0.4) is 0 Å². The molecule has 4 rings (SSSR count). The van der Waals surface area contributed by atoms with Crippen LogP contribution >= 0.6 is 0 Å². The summed E-state index contributed by atoms with van der Waals surface area (Å²) in [6.07, 6.45) is 5.97. The van der Waals surface area contributed by atoms with Gasteiger partial charge in [0.1, 0.15) is 0 Å². The Morgan fingerprint density at radius 2 is 0.870 bits per heavy atom. The molecule has 0 fully saturated rings. The third kappa shape index (κ3) is 7.07. The minimum Gasteiger partial charge on any atom is -0.504 e. The average Bonchev–Trinajstić information content (AvgIpc) is 3.09. The summed E-state index contributed by atoms with van der Waals surface area (Å²) in [4.78, 5) is 26.8. The van der Waals surface area contributed by atoms with Crippen molar-refractivity contribution in [3.63, 3.8) is 0 Å². The summed E-state index contributed by atoms with van der Waals surface area (Å²) in [5.41, 5.74) is 2.66. The lowest BCUT2D eigenvalue weighted by atomic mass is 9.95. The lowest BCUT2D eigenvalue weighted by molar-refractivity contribution is 0.103. The van der Waals surface area contributed by atoms with Crippen LogP contribution in [0.25, 0.3) is 23.3 Å². The maximum atomic E-state index is 13.4. The monoisotopic (exact) mass is 626 g/mol. The summed E-state index contributed by atoms with van der Waals surface area (Å²) in [5.74, 6) is 0.995. The second kappa shape index (κ2) is 14.7. The van der Waals surface area contributed by atoms with E-state index in [-0.39, 0.29) is 57.2 Å². The van der Waals surface area contributed by atoms with Gasteiger partial charge in [0.15, 0.2) is 57.6 Å². The van der Waals surface area contributed by atoms with Crippen molar-refractivity contribution in [2.75, 3.05) is 42.7 Å². The molecule has 0 aromatic heterocycles.